The lowest BCUT2D eigenvalue weighted by Gasteiger charge is -2.31. The van der Waals surface area contributed by atoms with Gasteiger partial charge < -0.3 is 35.0 Å². The number of fused-ring (bicyclic) bond motifs is 1. The minimum atomic E-state index is -1.72. The molecule has 5 N–H and O–H groups in total. The molecule has 0 radical (unpaired) electrons. The molecule has 1 heterocycles. The monoisotopic (exact) mass is 470 g/mol. The standard InChI is InChI=1S/C26H30O8/c1-13(2)6-5-7-14(3)8-9-16-17(27)12-20-21(22(16)30)23(31)24(32)25(34-20)15-10-18(28)26(33-4)19(29)11-15/h6,8,10-12,24-25,27-30,32H,5,7,9H2,1-4H3/t24-,25+/m0/s1. The third-order valence-corrected chi connectivity index (χ3v) is 5.75. The van der Waals surface area contributed by atoms with E-state index in [1.165, 1.54) is 30.9 Å². The summed E-state index contributed by atoms with van der Waals surface area (Å²) in [6.45, 7) is 6.01. The summed E-state index contributed by atoms with van der Waals surface area (Å²) in [5.74, 6) is -2.59. The summed E-state index contributed by atoms with van der Waals surface area (Å²) in [5.41, 5.74) is 2.33. The maximum Gasteiger partial charge on any atom is 0.202 e. The number of hydrogen-bond acceptors (Lipinski definition) is 8. The summed E-state index contributed by atoms with van der Waals surface area (Å²) in [6.07, 6.45) is 2.88. The third-order valence-electron chi connectivity index (χ3n) is 5.75. The summed E-state index contributed by atoms with van der Waals surface area (Å²) < 4.78 is 10.6. The van der Waals surface area contributed by atoms with Crippen LogP contribution in [0.15, 0.2) is 41.5 Å². The Hall–Kier alpha value is -3.65. The van der Waals surface area contributed by atoms with Crippen LogP contribution >= 0.6 is 0 Å². The highest BCUT2D eigenvalue weighted by atomic mass is 16.5. The third kappa shape index (κ3) is 4.97. The Morgan fingerprint density at radius 1 is 1.03 bits per heavy atom. The number of phenolic OH excluding ortho intramolecular Hbond substituents is 4. The van der Waals surface area contributed by atoms with Crippen LogP contribution < -0.4 is 9.47 Å². The van der Waals surface area contributed by atoms with Gasteiger partial charge in [0, 0.05) is 17.2 Å². The molecule has 2 aromatic carbocycles. The van der Waals surface area contributed by atoms with E-state index >= 15 is 0 Å². The number of benzene rings is 2. The molecule has 8 nitrogen and oxygen atoms in total. The predicted molar refractivity (Wildman–Crippen MR) is 126 cm³/mol. The number of allylic oxidation sites excluding steroid dienone is 4. The summed E-state index contributed by atoms with van der Waals surface area (Å²) in [7, 11) is 1.27. The van der Waals surface area contributed by atoms with E-state index in [1.807, 2.05) is 26.8 Å². The highest BCUT2D eigenvalue weighted by Crippen LogP contribution is 2.46. The minimum Gasteiger partial charge on any atom is -0.507 e. The second-order valence-electron chi connectivity index (χ2n) is 8.61. The fourth-order valence-corrected chi connectivity index (χ4v) is 3.90. The van der Waals surface area contributed by atoms with Gasteiger partial charge in [-0.25, -0.2) is 0 Å². The lowest BCUT2D eigenvalue weighted by atomic mass is 9.90. The molecule has 2 aromatic rings. The van der Waals surface area contributed by atoms with Crippen molar-refractivity contribution < 1.29 is 39.8 Å². The normalized spacial score (nSPS) is 17.7. The Kier molecular flexibility index (Phi) is 7.41. The zero-order valence-electron chi connectivity index (χ0n) is 19.6. The maximum atomic E-state index is 13.0. The molecule has 8 heteroatoms. The van der Waals surface area contributed by atoms with E-state index in [-0.39, 0.29) is 40.4 Å². The number of carbonyl (C=O) groups is 1. The van der Waals surface area contributed by atoms with E-state index in [4.69, 9.17) is 9.47 Å². The Bertz CT molecular complexity index is 1130. The van der Waals surface area contributed by atoms with E-state index in [0.717, 1.165) is 18.4 Å². The number of hydrogen-bond donors (Lipinski definition) is 5. The molecule has 3 rings (SSSR count). The van der Waals surface area contributed by atoms with E-state index in [9.17, 15) is 30.3 Å². The van der Waals surface area contributed by atoms with Gasteiger partial charge in [0.15, 0.2) is 23.7 Å². The van der Waals surface area contributed by atoms with Gasteiger partial charge >= 0.3 is 0 Å². The van der Waals surface area contributed by atoms with Gasteiger partial charge in [0.05, 0.1) is 7.11 Å². The van der Waals surface area contributed by atoms with E-state index in [2.05, 4.69) is 6.08 Å². The molecule has 0 saturated heterocycles. The van der Waals surface area contributed by atoms with Gasteiger partial charge in [-0.2, -0.15) is 0 Å². The van der Waals surface area contributed by atoms with Gasteiger partial charge in [-0.1, -0.05) is 23.3 Å². The van der Waals surface area contributed by atoms with Crippen LogP contribution in [-0.4, -0.2) is 44.5 Å². The molecule has 1 aliphatic rings. The number of aromatic hydroxyl groups is 4. The van der Waals surface area contributed by atoms with Gasteiger partial charge in [-0.15, -0.1) is 0 Å². The number of Topliss-reactive ketones (excluding diaryl/α,β-unsaturated/α-hetero) is 1. The fraction of sp³-hybridized carbons (Fsp3) is 0.346. The van der Waals surface area contributed by atoms with Crippen molar-refractivity contribution in [2.45, 2.75) is 52.2 Å². The second kappa shape index (κ2) is 10.1. The van der Waals surface area contributed by atoms with Crippen molar-refractivity contribution in [3.8, 4) is 34.5 Å². The van der Waals surface area contributed by atoms with Crippen molar-refractivity contribution in [1.82, 2.24) is 0 Å². The molecule has 0 aliphatic carbocycles. The van der Waals surface area contributed by atoms with Crippen LogP contribution in [0.25, 0.3) is 0 Å². The van der Waals surface area contributed by atoms with Gasteiger partial charge in [0.1, 0.15) is 22.8 Å². The number of aliphatic hydroxyl groups excluding tert-OH is 1. The van der Waals surface area contributed by atoms with Gasteiger partial charge in [0.2, 0.25) is 11.5 Å². The molecule has 1 aliphatic heterocycles. The topological polar surface area (TPSA) is 137 Å². The highest BCUT2D eigenvalue weighted by molar-refractivity contribution is 6.06. The van der Waals surface area contributed by atoms with E-state index in [0.29, 0.717) is 0 Å². The van der Waals surface area contributed by atoms with Crippen LogP contribution in [0, 0.1) is 0 Å². The molecule has 34 heavy (non-hydrogen) atoms. The lowest BCUT2D eigenvalue weighted by molar-refractivity contribution is 0.0208. The first-order valence-electron chi connectivity index (χ1n) is 10.9. The zero-order chi connectivity index (χ0) is 25.2. The SMILES string of the molecule is COc1c(O)cc([C@H]2Oc3cc(O)c(CC=C(C)CCC=C(C)C)c(O)c3C(=O)[C@@H]2O)cc1O. The minimum absolute atomic E-state index is 0.111. The Labute approximate surface area is 198 Å². The van der Waals surface area contributed by atoms with Crippen molar-refractivity contribution in [3.05, 3.63) is 58.2 Å². The average molecular weight is 471 g/mol. The number of carbonyl (C=O) groups excluding carboxylic acids is 1. The predicted octanol–water partition coefficient (Wildman–Crippen LogP) is 4.43. The van der Waals surface area contributed by atoms with Gasteiger partial charge in [-0.05, 0) is 52.2 Å². The van der Waals surface area contributed by atoms with Crippen molar-refractivity contribution in [2.75, 3.05) is 7.11 Å². The van der Waals surface area contributed by atoms with Crippen molar-refractivity contribution in [3.63, 3.8) is 0 Å². The molecule has 0 unspecified atom stereocenters. The summed E-state index contributed by atoms with van der Waals surface area (Å²) in [5, 5.41) is 52.1. The van der Waals surface area contributed by atoms with Crippen LogP contribution in [0.5, 0.6) is 34.5 Å². The van der Waals surface area contributed by atoms with Crippen LogP contribution in [0.4, 0.5) is 0 Å². The highest BCUT2D eigenvalue weighted by Gasteiger charge is 2.40. The van der Waals surface area contributed by atoms with Crippen LogP contribution in [0.3, 0.4) is 0 Å². The molecule has 0 amide bonds. The first kappa shape index (κ1) is 25.0. The Morgan fingerprint density at radius 2 is 1.68 bits per heavy atom. The molecule has 0 saturated carbocycles. The number of methoxy groups -OCH3 is 1. The molecule has 182 valence electrons. The Morgan fingerprint density at radius 3 is 2.26 bits per heavy atom. The fourth-order valence-electron chi connectivity index (χ4n) is 3.90. The summed E-state index contributed by atoms with van der Waals surface area (Å²) in [6, 6.07) is 3.61. The first-order chi connectivity index (χ1) is 16.0. The van der Waals surface area contributed by atoms with Crippen LogP contribution in [0.2, 0.25) is 0 Å². The number of rotatable bonds is 7. The molecule has 2 atom stereocenters. The molecule has 0 bridgehead atoms. The van der Waals surface area contributed by atoms with Crippen molar-refractivity contribution in [1.29, 1.82) is 0 Å². The molecule has 0 spiro atoms. The van der Waals surface area contributed by atoms with E-state index < -0.39 is 35.2 Å². The van der Waals surface area contributed by atoms with Crippen molar-refractivity contribution in [2.24, 2.45) is 0 Å². The summed E-state index contributed by atoms with van der Waals surface area (Å²) in [4.78, 5) is 13.0. The number of ether oxygens (including phenoxy) is 2. The molecule has 0 fully saturated rings. The van der Waals surface area contributed by atoms with Crippen LogP contribution in [-0.2, 0) is 6.42 Å². The molecular weight excluding hydrogens is 440 g/mol. The Balaban J connectivity index is 1.92. The number of aliphatic hydroxyl groups is 1. The summed E-state index contributed by atoms with van der Waals surface area (Å²) >= 11 is 0. The second-order valence-corrected chi connectivity index (χ2v) is 8.61. The largest absolute Gasteiger partial charge is 0.507 e. The van der Waals surface area contributed by atoms with E-state index in [1.54, 1.807) is 0 Å². The van der Waals surface area contributed by atoms with Crippen LogP contribution in [0.1, 0.15) is 61.2 Å². The zero-order valence-corrected chi connectivity index (χ0v) is 19.6. The van der Waals surface area contributed by atoms with Crippen molar-refractivity contribution >= 4 is 5.78 Å². The molecule has 0 aromatic heterocycles. The molecular formula is C26H30O8. The van der Waals surface area contributed by atoms with Gasteiger partial charge in [0.25, 0.3) is 0 Å². The smallest absolute Gasteiger partial charge is 0.202 e. The number of ketones is 1. The lowest BCUT2D eigenvalue weighted by Crippen LogP contribution is -2.36. The average Bonchev–Trinajstić information content (AvgIpc) is 2.75. The first-order valence-corrected chi connectivity index (χ1v) is 10.9. The van der Waals surface area contributed by atoms with Gasteiger partial charge in [-0.3, -0.25) is 4.79 Å². The quantitative estimate of drug-likeness (QED) is 0.375. The maximum absolute atomic E-state index is 13.0. The number of phenols is 4.